The molecule has 0 aromatic heterocycles. The number of hydrogen-bond donors (Lipinski definition) is 1. The van der Waals surface area contributed by atoms with Gasteiger partial charge in [0.15, 0.2) is 0 Å². The van der Waals surface area contributed by atoms with Gasteiger partial charge in [0.25, 0.3) is 5.91 Å². The highest BCUT2D eigenvalue weighted by atomic mass is 32.2. The Balaban J connectivity index is 1.54. The van der Waals surface area contributed by atoms with E-state index >= 15 is 0 Å². The van der Waals surface area contributed by atoms with E-state index in [1.165, 1.54) is 18.6 Å². The van der Waals surface area contributed by atoms with E-state index < -0.39 is 20.5 Å². The van der Waals surface area contributed by atoms with E-state index in [0.29, 0.717) is 26.2 Å². The molecule has 2 fully saturated rings. The number of nitrogens with one attached hydrogen (secondary N) is 1. The minimum atomic E-state index is -4.68. The van der Waals surface area contributed by atoms with Crippen molar-refractivity contribution in [2.45, 2.75) is 48.8 Å². The molecule has 0 unspecified atom stereocenters. The minimum absolute atomic E-state index is 0.106. The molecule has 0 spiro atoms. The van der Waals surface area contributed by atoms with E-state index in [0.717, 1.165) is 37.8 Å². The second-order valence-corrected chi connectivity index (χ2v) is 9.31. The van der Waals surface area contributed by atoms with Gasteiger partial charge in [0, 0.05) is 37.8 Å². The van der Waals surface area contributed by atoms with Crippen LogP contribution in [0.2, 0.25) is 0 Å². The number of nitrogens with zero attached hydrogens (tertiary/aromatic N) is 2. The highest BCUT2D eigenvalue weighted by molar-refractivity contribution is 7.91. The largest absolute Gasteiger partial charge is 0.341 e. The third kappa shape index (κ3) is 5.04. The highest BCUT2D eigenvalue weighted by Gasteiger charge is 2.28. The van der Waals surface area contributed by atoms with Gasteiger partial charge in [-0.05, 0) is 37.1 Å². The average Bonchev–Trinajstić information content (AvgIpc) is 2.74. The summed E-state index contributed by atoms with van der Waals surface area (Å²) >= 11 is 0. The maximum absolute atomic E-state index is 12.6. The van der Waals surface area contributed by atoms with Crippen LogP contribution in [0, 0.1) is 0 Å². The molecule has 3 rings (SSSR count). The van der Waals surface area contributed by atoms with E-state index in [1.807, 2.05) is 0 Å². The maximum Gasteiger partial charge on any atom is 0.341 e. The quantitative estimate of drug-likeness (QED) is 0.797. The first-order valence-corrected chi connectivity index (χ1v) is 11.3. The molecule has 29 heavy (non-hydrogen) atoms. The van der Waals surface area contributed by atoms with Crippen LogP contribution >= 0.6 is 0 Å². The van der Waals surface area contributed by atoms with Gasteiger partial charge >= 0.3 is 11.8 Å². The van der Waals surface area contributed by atoms with E-state index in [4.69, 9.17) is 0 Å². The number of urea groups is 1. The zero-order valence-corrected chi connectivity index (χ0v) is 16.8. The molecule has 160 valence electrons. The van der Waals surface area contributed by atoms with Crippen LogP contribution in [-0.4, -0.2) is 68.1 Å². The van der Waals surface area contributed by atoms with Crippen LogP contribution in [-0.2, 0) is 9.84 Å². The summed E-state index contributed by atoms with van der Waals surface area (Å²) in [4.78, 5) is 27.7. The maximum atomic E-state index is 12.6. The zero-order valence-electron chi connectivity index (χ0n) is 16.0. The molecule has 3 amide bonds. The molecule has 1 aromatic rings. The van der Waals surface area contributed by atoms with E-state index in [2.05, 4.69) is 5.32 Å². The molecule has 1 heterocycles. The Morgan fingerprint density at radius 3 is 2.03 bits per heavy atom. The van der Waals surface area contributed by atoms with Gasteiger partial charge in [-0.15, -0.1) is 0 Å². The van der Waals surface area contributed by atoms with Crippen LogP contribution in [0.5, 0.6) is 0 Å². The summed E-state index contributed by atoms with van der Waals surface area (Å²) in [7, 11) is -4.68. The number of carbonyl (C=O) groups excluding carboxylic acids is 2. The fraction of sp³-hybridized carbons (Fsp3) is 0.579. The van der Waals surface area contributed by atoms with Crippen LogP contribution in [0.4, 0.5) is 13.6 Å². The summed E-state index contributed by atoms with van der Waals surface area (Å²) in [5.41, 5.74) is 0.221. The summed E-state index contributed by atoms with van der Waals surface area (Å²) < 4.78 is 48.1. The number of amides is 3. The van der Waals surface area contributed by atoms with Gasteiger partial charge in [0.1, 0.15) is 0 Å². The van der Waals surface area contributed by atoms with Crippen molar-refractivity contribution in [2.24, 2.45) is 0 Å². The lowest BCUT2D eigenvalue weighted by atomic mass is 9.96. The topological polar surface area (TPSA) is 86.8 Å². The molecule has 0 bridgehead atoms. The lowest BCUT2D eigenvalue weighted by Gasteiger charge is -2.36. The predicted molar refractivity (Wildman–Crippen MR) is 103 cm³/mol. The van der Waals surface area contributed by atoms with Gasteiger partial charge in [0.2, 0.25) is 9.84 Å². The molecule has 1 aliphatic heterocycles. The van der Waals surface area contributed by atoms with Crippen molar-refractivity contribution in [3.05, 3.63) is 29.8 Å². The smallest absolute Gasteiger partial charge is 0.335 e. The first-order valence-electron chi connectivity index (χ1n) is 9.76. The molecule has 10 heteroatoms. The van der Waals surface area contributed by atoms with Gasteiger partial charge in [-0.3, -0.25) is 4.79 Å². The number of benzene rings is 1. The van der Waals surface area contributed by atoms with Gasteiger partial charge in [-0.1, -0.05) is 19.3 Å². The number of halogens is 2. The second kappa shape index (κ2) is 9.06. The normalized spacial score (nSPS) is 18.7. The first-order chi connectivity index (χ1) is 13.8. The third-order valence-electron chi connectivity index (χ3n) is 5.45. The van der Waals surface area contributed by atoms with Crippen molar-refractivity contribution in [1.82, 2.24) is 15.1 Å². The van der Waals surface area contributed by atoms with Crippen LogP contribution in [0.25, 0.3) is 0 Å². The highest BCUT2D eigenvalue weighted by Crippen LogP contribution is 2.20. The van der Waals surface area contributed by atoms with Crippen molar-refractivity contribution in [2.75, 3.05) is 26.2 Å². The van der Waals surface area contributed by atoms with E-state index in [9.17, 15) is 26.8 Å². The number of piperazine rings is 1. The number of alkyl halides is 2. The molecule has 1 N–H and O–H groups in total. The molecule has 1 aliphatic carbocycles. The van der Waals surface area contributed by atoms with Gasteiger partial charge < -0.3 is 15.1 Å². The molecular weight excluding hydrogens is 404 g/mol. The molecule has 1 saturated carbocycles. The Hall–Kier alpha value is -2.23. The van der Waals surface area contributed by atoms with Gasteiger partial charge in [-0.25, -0.2) is 13.2 Å². The van der Waals surface area contributed by atoms with Crippen molar-refractivity contribution in [3.8, 4) is 0 Å². The molecule has 7 nitrogen and oxygen atoms in total. The predicted octanol–water partition coefficient (Wildman–Crippen LogP) is 2.48. The number of sulfone groups is 1. The first kappa shape index (κ1) is 21.5. The standard InChI is InChI=1S/C19H25F2N3O4S/c20-18(21)29(27,28)16-8-6-14(7-9-16)17(25)23-10-12-24(13-11-23)19(26)22-15-4-2-1-3-5-15/h6-9,15,18H,1-5,10-13H2,(H,22,26). The Labute approximate surface area is 169 Å². The Kier molecular flexibility index (Phi) is 6.71. The van der Waals surface area contributed by atoms with Crippen molar-refractivity contribution in [3.63, 3.8) is 0 Å². The van der Waals surface area contributed by atoms with Gasteiger partial charge in [0.05, 0.1) is 4.90 Å². The fourth-order valence-electron chi connectivity index (χ4n) is 3.70. The summed E-state index contributed by atoms with van der Waals surface area (Å²) in [6.07, 6.45) is 5.47. The Bertz CT molecular complexity index is 832. The number of carbonyl (C=O) groups is 2. The lowest BCUT2D eigenvalue weighted by Crippen LogP contribution is -2.54. The molecule has 1 saturated heterocycles. The van der Waals surface area contributed by atoms with Crippen LogP contribution < -0.4 is 5.32 Å². The minimum Gasteiger partial charge on any atom is -0.335 e. The molecule has 0 radical (unpaired) electrons. The van der Waals surface area contributed by atoms with Crippen molar-refractivity contribution < 1.29 is 26.8 Å². The van der Waals surface area contributed by atoms with E-state index in [-0.39, 0.29) is 23.5 Å². The van der Waals surface area contributed by atoms with E-state index in [1.54, 1.807) is 9.80 Å². The second-order valence-electron chi connectivity index (χ2n) is 7.39. The lowest BCUT2D eigenvalue weighted by molar-refractivity contribution is 0.0662. The average molecular weight is 429 g/mol. The molecule has 1 aromatic carbocycles. The van der Waals surface area contributed by atoms with Crippen LogP contribution in [0.3, 0.4) is 0 Å². The summed E-state index contributed by atoms with van der Waals surface area (Å²) in [5.74, 6) is -3.82. The van der Waals surface area contributed by atoms with Crippen LogP contribution in [0.1, 0.15) is 42.5 Å². The SMILES string of the molecule is O=C(NC1CCCCC1)N1CCN(C(=O)c2ccc(S(=O)(=O)C(F)F)cc2)CC1. The molecular formula is C19H25F2N3O4S. The van der Waals surface area contributed by atoms with Gasteiger partial charge in [-0.2, -0.15) is 8.78 Å². The monoisotopic (exact) mass is 429 g/mol. The number of hydrogen-bond acceptors (Lipinski definition) is 4. The Morgan fingerprint density at radius 2 is 1.48 bits per heavy atom. The van der Waals surface area contributed by atoms with Crippen molar-refractivity contribution >= 4 is 21.8 Å². The molecule has 0 atom stereocenters. The molecule has 2 aliphatic rings. The number of rotatable bonds is 4. The summed E-state index contributed by atoms with van der Waals surface area (Å²) in [6.45, 7) is 1.52. The Morgan fingerprint density at radius 1 is 0.931 bits per heavy atom. The third-order valence-corrected chi connectivity index (χ3v) is 6.85. The van der Waals surface area contributed by atoms with Crippen LogP contribution in [0.15, 0.2) is 29.2 Å². The fourth-order valence-corrected chi connectivity index (χ4v) is 4.42. The zero-order chi connectivity index (χ0) is 21.0. The summed E-state index contributed by atoms with van der Waals surface area (Å²) in [6, 6.07) is 4.62. The van der Waals surface area contributed by atoms with Crippen molar-refractivity contribution in [1.29, 1.82) is 0 Å². The summed E-state index contributed by atoms with van der Waals surface area (Å²) in [5, 5.41) is 3.06.